The zero-order valence-corrected chi connectivity index (χ0v) is 15.2. The lowest BCUT2D eigenvalue weighted by Gasteiger charge is -2.23. The molecule has 1 saturated heterocycles. The highest BCUT2D eigenvalue weighted by Crippen LogP contribution is 2.32. The molecule has 0 amide bonds. The number of ether oxygens (including phenoxy) is 3. The van der Waals surface area contributed by atoms with Gasteiger partial charge in [0.25, 0.3) is 0 Å². The molecule has 1 atom stereocenters. The van der Waals surface area contributed by atoms with Gasteiger partial charge in [0, 0.05) is 18.6 Å². The second-order valence-electron chi connectivity index (χ2n) is 6.65. The van der Waals surface area contributed by atoms with E-state index in [1.165, 1.54) is 12.0 Å². The van der Waals surface area contributed by atoms with Crippen LogP contribution in [0, 0.1) is 6.07 Å². The largest absolute Gasteiger partial charge is 0.481 e. The molecule has 1 fully saturated rings. The van der Waals surface area contributed by atoms with Crippen LogP contribution in [0.25, 0.3) is 21.7 Å². The molecule has 3 aromatic rings. The monoisotopic (exact) mass is 350 g/mol. The Balaban J connectivity index is 1.56. The van der Waals surface area contributed by atoms with E-state index in [9.17, 15) is 0 Å². The van der Waals surface area contributed by atoms with Crippen molar-refractivity contribution in [2.24, 2.45) is 0 Å². The molecule has 0 bridgehead atoms. The molecule has 4 rings (SSSR count). The first kappa shape index (κ1) is 17.3. The molecular formula is C22H24NO3-. The fourth-order valence-electron chi connectivity index (χ4n) is 3.64. The molecule has 4 heteroatoms. The van der Waals surface area contributed by atoms with Crippen molar-refractivity contribution < 1.29 is 14.2 Å². The summed E-state index contributed by atoms with van der Waals surface area (Å²) in [6, 6.07) is 15.6. The van der Waals surface area contributed by atoms with Crippen LogP contribution in [0.4, 0.5) is 0 Å². The van der Waals surface area contributed by atoms with E-state index in [1.807, 2.05) is 18.2 Å². The van der Waals surface area contributed by atoms with E-state index < -0.39 is 0 Å². The Bertz CT molecular complexity index is 887. The summed E-state index contributed by atoms with van der Waals surface area (Å²) < 4.78 is 17.0. The maximum Gasteiger partial charge on any atom is 0.218 e. The number of pyridine rings is 1. The van der Waals surface area contributed by atoms with Crippen LogP contribution in [-0.2, 0) is 15.9 Å². The molecule has 0 radical (unpaired) electrons. The lowest BCUT2D eigenvalue weighted by molar-refractivity contribution is -0.162. The Morgan fingerprint density at radius 2 is 2.08 bits per heavy atom. The van der Waals surface area contributed by atoms with E-state index in [2.05, 4.69) is 24.3 Å². The maximum atomic E-state index is 5.87. The van der Waals surface area contributed by atoms with E-state index in [1.54, 1.807) is 7.11 Å². The zero-order chi connectivity index (χ0) is 17.8. The number of aryl methyl sites for hydroxylation is 1. The Kier molecular flexibility index (Phi) is 5.32. The number of hydrogen-bond acceptors (Lipinski definition) is 4. The summed E-state index contributed by atoms with van der Waals surface area (Å²) in [6.45, 7) is 1.53. The number of methoxy groups -OCH3 is 1. The normalized spacial score (nSPS) is 17.7. The van der Waals surface area contributed by atoms with Gasteiger partial charge in [0.2, 0.25) is 5.88 Å². The fourth-order valence-corrected chi connectivity index (χ4v) is 3.64. The molecule has 0 N–H and O–H groups in total. The van der Waals surface area contributed by atoms with Gasteiger partial charge in [-0.2, -0.15) is 17.7 Å². The van der Waals surface area contributed by atoms with Gasteiger partial charge in [-0.25, -0.2) is 4.98 Å². The molecule has 0 aliphatic carbocycles. The van der Waals surface area contributed by atoms with Gasteiger partial charge in [-0.15, -0.1) is 6.07 Å². The van der Waals surface area contributed by atoms with Crippen molar-refractivity contribution in [1.29, 1.82) is 0 Å². The van der Waals surface area contributed by atoms with E-state index in [0.717, 1.165) is 54.0 Å². The van der Waals surface area contributed by atoms with Crippen molar-refractivity contribution in [3.05, 3.63) is 48.0 Å². The van der Waals surface area contributed by atoms with Gasteiger partial charge in [0.1, 0.15) is 0 Å². The highest BCUT2D eigenvalue weighted by molar-refractivity contribution is 6.09. The first-order chi connectivity index (χ1) is 12.9. The summed E-state index contributed by atoms with van der Waals surface area (Å²) in [4.78, 5) is 4.69. The summed E-state index contributed by atoms with van der Waals surface area (Å²) in [7, 11) is 1.67. The van der Waals surface area contributed by atoms with Gasteiger partial charge in [0.05, 0.1) is 7.11 Å². The third-order valence-electron chi connectivity index (χ3n) is 4.91. The summed E-state index contributed by atoms with van der Waals surface area (Å²) in [5, 5.41) is 3.37. The van der Waals surface area contributed by atoms with E-state index in [0.29, 0.717) is 12.5 Å². The first-order valence-electron chi connectivity index (χ1n) is 9.36. The van der Waals surface area contributed by atoms with E-state index in [-0.39, 0.29) is 6.29 Å². The van der Waals surface area contributed by atoms with Crippen molar-refractivity contribution >= 4 is 21.7 Å². The zero-order valence-electron chi connectivity index (χ0n) is 15.2. The Hall–Kier alpha value is -2.17. The van der Waals surface area contributed by atoms with Crippen molar-refractivity contribution in [2.45, 2.75) is 38.4 Å². The molecule has 1 aromatic heterocycles. The first-order valence-corrected chi connectivity index (χ1v) is 9.36. The molecule has 2 aromatic carbocycles. The highest BCUT2D eigenvalue weighted by Gasteiger charge is 2.13. The average Bonchev–Trinajstić information content (AvgIpc) is 2.71. The predicted molar refractivity (Wildman–Crippen MR) is 103 cm³/mol. The van der Waals surface area contributed by atoms with Crippen LogP contribution in [0.2, 0.25) is 0 Å². The number of hydrogen-bond donors (Lipinski definition) is 0. The van der Waals surface area contributed by atoms with Gasteiger partial charge in [-0.05, 0) is 37.6 Å². The predicted octanol–water partition coefficient (Wildman–Crippen LogP) is 4.67. The van der Waals surface area contributed by atoms with Gasteiger partial charge in [0.15, 0.2) is 6.29 Å². The summed E-state index contributed by atoms with van der Waals surface area (Å²) in [5.74, 6) is 0.669. The van der Waals surface area contributed by atoms with Crippen LogP contribution in [0.15, 0.2) is 36.4 Å². The van der Waals surface area contributed by atoms with E-state index >= 15 is 0 Å². The van der Waals surface area contributed by atoms with Gasteiger partial charge in [-0.1, -0.05) is 35.0 Å². The SMILES string of the molecule is COc1nc2cc[c-]c(CCCOC3CCCCO3)c2c2ccccc12. The van der Waals surface area contributed by atoms with Gasteiger partial charge >= 0.3 is 0 Å². The lowest BCUT2D eigenvalue weighted by atomic mass is 9.98. The number of aromatic nitrogens is 1. The number of nitrogens with zero attached hydrogens (tertiary/aromatic N) is 1. The second-order valence-corrected chi connectivity index (χ2v) is 6.65. The summed E-state index contributed by atoms with van der Waals surface area (Å²) >= 11 is 0. The minimum absolute atomic E-state index is 0.0213. The van der Waals surface area contributed by atoms with E-state index in [4.69, 9.17) is 19.2 Å². The topological polar surface area (TPSA) is 40.6 Å². The van der Waals surface area contributed by atoms with Crippen LogP contribution in [0.5, 0.6) is 5.88 Å². The standard InChI is InChI=1S/C22H24NO3/c1-24-22-18-11-3-2-10-17(18)21-16(8-6-12-19(21)23-22)9-7-15-26-20-13-4-5-14-25-20/h2-3,6,10-12,20H,4-5,7,9,13-15H2,1H3/q-1. The molecule has 0 saturated carbocycles. The third kappa shape index (κ3) is 3.53. The van der Waals surface area contributed by atoms with Crippen molar-refractivity contribution in [3.63, 3.8) is 0 Å². The van der Waals surface area contributed by atoms with Crippen LogP contribution >= 0.6 is 0 Å². The fraction of sp³-hybridized carbons (Fsp3) is 0.409. The van der Waals surface area contributed by atoms with Crippen LogP contribution in [-0.4, -0.2) is 31.6 Å². The maximum absolute atomic E-state index is 5.87. The number of fused-ring (bicyclic) bond motifs is 3. The minimum atomic E-state index is -0.0213. The summed E-state index contributed by atoms with van der Waals surface area (Å²) in [6.07, 6.45) is 5.18. The Morgan fingerprint density at radius 3 is 2.88 bits per heavy atom. The van der Waals surface area contributed by atoms with Crippen molar-refractivity contribution in [3.8, 4) is 5.88 Å². The highest BCUT2D eigenvalue weighted by atomic mass is 16.7. The smallest absolute Gasteiger partial charge is 0.218 e. The Labute approximate surface area is 154 Å². The van der Waals surface area contributed by atoms with Crippen LogP contribution < -0.4 is 4.74 Å². The van der Waals surface area contributed by atoms with Crippen LogP contribution in [0.1, 0.15) is 31.2 Å². The molecule has 2 heterocycles. The molecule has 136 valence electrons. The molecule has 1 aliphatic heterocycles. The second kappa shape index (κ2) is 8.02. The molecule has 4 nitrogen and oxygen atoms in total. The lowest BCUT2D eigenvalue weighted by Crippen LogP contribution is -2.22. The van der Waals surface area contributed by atoms with Crippen LogP contribution in [0.3, 0.4) is 0 Å². The molecule has 1 aliphatic rings. The average molecular weight is 350 g/mol. The number of benzene rings is 2. The Morgan fingerprint density at radius 1 is 1.19 bits per heavy atom. The van der Waals surface area contributed by atoms with Crippen molar-refractivity contribution in [1.82, 2.24) is 4.98 Å². The third-order valence-corrected chi connectivity index (χ3v) is 4.91. The molecular weight excluding hydrogens is 326 g/mol. The molecule has 1 unspecified atom stereocenters. The minimum Gasteiger partial charge on any atom is -0.481 e. The van der Waals surface area contributed by atoms with Gasteiger partial charge in [-0.3, -0.25) is 0 Å². The van der Waals surface area contributed by atoms with Crippen molar-refractivity contribution in [2.75, 3.05) is 20.3 Å². The molecule has 26 heavy (non-hydrogen) atoms. The quantitative estimate of drug-likeness (QED) is 0.368. The van der Waals surface area contributed by atoms with Gasteiger partial charge < -0.3 is 14.2 Å². The molecule has 0 spiro atoms. The number of rotatable bonds is 6. The summed E-state index contributed by atoms with van der Waals surface area (Å²) in [5.41, 5.74) is 2.13.